The lowest BCUT2D eigenvalue weighted by Gasteiger charge is -1.96. The lowest BCUT2D eigenvalue weighted by molar-refractivity contribution is -0.111. The van der Waals surface area contributed by atoms with Crippen LogP contribution in [0.4, 0.5) is 5.13 Å². The molecule has 0 radical (unpaired) electrons. The number of carbonyl (C=O) groups excluding carboxylic acids is 1. The first-order valence-electron chi connectivity index (χ1n) is 6.83. The Bertz CT molecular complexity index is 889. The zero-order valence-electron chi connectivity index (χ0n) is 12.2. The number of amides is 1. The maximum absolute atomic E-state index is 12.0. The highest BCUT2D eigenvalue weighted by molar-refractivity contribution is 7.22. The van der Waals surface area contributed by atoms with E-state index in [1.165, 1.54) is 17.4 Å². The van der Waals surface area contributed by atoms with Gasteiger partial charge in [0.2, 0.25) is 5.91 Å². The van der Waals surface area contributed by atoms with E-state index in [9.17, 15) is 4.79 Å². The number of benzene rings is 2. The number of nitrogens with zero attached hydrogens (tertiary/aromatic N) is 1. The van der Waals surface area contributed by atoms with Crippen molar-refractivity contribution in [3.05, 3.63) is 59.1 Å². The molecule has 0 unspecified atom stereocenters. The zero-order valence-corrected chi connectivity index (χ0v) is 13.8. The summed E-state index contributed by atoms with van der Waals surface area (Å²) in [7, 11) is 1.62. The molecule has 3 rings (SSSR count). The Labute approximate surface area is 142 Å². The van der Waals surface area contributed by atoms with E-state index in [-0.39, 0.29) is 5.91 Å². The van der Waals surface area contributed by atoms with Crippen LogP contribution in [0.3, 0.4) is 0 Å². The van der Waals surface area contributed by atoms with Crippen LogP contribution in [-0.4, -0.2) is 18.0 Å². The molecule has 3 aromatic rings. The van der Waals surface area contributed by atoms with Gasteiger partial charge in [0.25, 0.3) is 0 Å². The maximum Gasteiger partial charge on any atom is 0.250 e. The van der Waals surface area contributed by atoms with Crippen molar-refractivity contribution in [2.75, 3.05) is 12.4 Å². The topological polar surface area (TPSA) is 51.2 Å². The predicted octanol–water partition coefficient (Wildman–Crippen LogP) is 4.61. The summed E-state index contributed by atoms with van der Waals surface area (Å²) in [6.07, 6.45) is 3.16. The summed E-state index contributed by atoms with van der Waals surface area (Å²) in [6, 6.07) is 12.9. The monoisotopic (exact) mass is 344 g/mol. The van der Waals surface area contributed by atoms with Crippen molar-refractivity contribution in [1.82, 2.24) is 4.98 Å². The van der Waals surface area contributed by atoms with Crippen molar-refractivity contribution in [1.29, 1.82) is 0 Å². The van der Waals surface area contributed by atoms with Gasteiger partial charge < -0.3 is 4.74 Å². The fourth-order valence-electron chi connectivity index (χ4n) is 2.01. The zero-order chi connectivity index (χ0) is 16.2. The van der Waals surface area contributed by atoms with E-state index in [0.717, 1.165) is 21.5 Å². The molecule has 1 N–H and O–H groups in total. The van der Waals surface area contributed by atoms with Gasteiger partial charge in [-0.1, -0.05) is 35.1 Å². The minimum Gasteiger partial charge on any atom is -0.497 e. The van der Waals surface area contributed by atoms with E-state index in [0.29, 0.717) is 10.2 Å². The Morgan fingerprint density at radius 3 is 2.96 bits per heavy atom. The summed E-state index contributed by atoms with van der Waals surface area (Å²) < 4.78 is 6.14. The lowest BCUT2D eigenvalue weighted by atomic mass is 10.2. The van der Waals surface area contributed by atoms with Crippen LogP contribution < -0.4 is 10.1 Å². The third-order valence-electron chi connectivity index (χ3n) is 3.10. The van der Waals surface area contributed by atoms with E-state index in [4.69, 9.17) is 16.3 Å². The molecule has 0 saturated carbocycles. The van der Waals surface area contributed by atoms with E-state index < -0.39 is 0 Å². The number of carbonyl (C=O) groups is 1. The second kappa shape index (κ2) is 6.81. The molecule has 0 saturated heterocycles. The second-order valence-corrected chi connectivity index (χ2v) is 6.20. The van der Waals surface area contributed by atoms with Crippen LogP contribution in [0.2, 0.25) is 5.02 Å². The Morgan fingerprint density at radius 2 is 2.17 bits per heavy atom. The Morgan fingerprint density at radius 1 is 1.30 bits per heavy atom. The molecule has 0 bridgehead atoms. The van der Waals surface area contributed by atoms with Crippen LogP contribution in [0.15, 0.2) is 48.5 Å². The van der Waals surface area contributed by atoms with Gasteiger partial charge in [0.1, 0.15) is 5.75 Å². The average molecular weight is 345 g/mol. The summed E-state index contributed by atoms with van der Waals surface area (Å²) in [5.74, 6) is 0.524. The molecular weight excluding hydrogens is 332 g/mol. The van der Waals surface area contributed by atoms with Crippen LogP contribution >= 0.6 is 22.9 Å². The molecule has 0 spiro atoms. The van der Waals surface area contributed by atoms with Gasteiger partial charge in [-0.05, 0) is 42.0 Å². The molecule has 23 heavy (non-hydrogen) atoms. The molecule has 1 amide bonds. The van der Waals surface area contributed by atoms with Gasteiger partial charge in [0.15, 0.2) is 5.13 Å². The van der Waals surface area contributed by atoms with Gasteiger partial charge in [-0.2, -0.15) is 0 Å². The number of ether oxygens (including phenoxy) is 1. The van der Waals surface area contributed by atoms with E-state index in [1.54, 1.807) is 25.3 Å². The number of anilines is 1. The quantitative estimate of drug-likeness (QED) is 0.703. The second-order valence-electron chi connectivity index (χ2n) is 4.73. The highest BCUT2D eigenvalue weighted by atomic mass is 35.5. The molecule has 0 aliphatic carbocycles. The number of nitrogens with one attached hydrogen (secondary N) is 1. The van der Waals surface area contributed by atoms with Gasteiger partial charge in [-0.3, -0.25) is 10.1 Å². The molecule has 0 aliphatic heterocycles. The molecule has 1 heterocycles. The lowest BCUT2D eigenvalue weighted by Crippen LogP contribution is -2.07. The maximum atomic E-state index is 12.0. The molecule has 2 aromatic carbocycles. The van der Waals surface area contributed by atoms with Crippen molar-refractivity contribution < 1.29 is 9.53 Å². The van der Waals surface area contributed by atoms with Gasteiger partial charge in [-0.15, -0.1) is 0 Å². The highest BCUT2D eigenvalue weighted by Gasteiger charge is 2.07. The van der Waals surface area contributed by atoms with E-state index in [1.807, 2.05) is 30.3 Å². The number of methoxy groups -OCH3 is 1. The van der Waals surface area contributed by atoms with Crippen LogP contribution in [0, 0.1) is 0 Å². The minimum absolute atomic E-state index is 0.240. The first kappa shape index (κ1) is 15.5. The summed E-state index contributed by atoms with van der Waals surface area (Å²) in [5.41, 5.74) is 1.69. The summed E-state index contributed by atoms with van der Waals surface area (Å²) in [4.78, 5) is 16.4. The van der Waals surface area contributed by atoms with E-state index >= 15 is 0 Å². The molecule has 4 nitrogen and oxygen atoms in total. The van der Waals surface area contributed by atoms with Crippen molar-refractivity contribution in [3.63, 3.8) is 0 Å². The smallest absolute Gasteiger partial charge is 0.250 e. The van der Waals surface area contributed by atoms with Crippen LogP contribution in [-0.2, 0) is 4.79 Å². The highest BCUT2D eigenvalue weighted by Crippen LogP contribution is 2.29. The normalized spacial score (nSPS) is 11.0. The average Bonchev–Trinajstić information content (AvgIpc) is 2.94. The third-order valence-corrected chi connectivity index (χ3v) is 4.27. The fraction of sp³-hybridized carbons (Fsp3) is 0.0588. The first-order valence-corrected chi connectivity index (χ1v) is 8.03. The van der Waals surface area contributed by atoms with Crippen LogP contribution in [0.25, 0.3) is 16.3 Å². The summed E-state index contributed by atoms with van der Waals surface area (Å²) in [6.45, 7) is 0. The number of hydrogen-bond donors (Lipinski definition) is 1. The number of aromatic nitrogens is 1. The SMILES string of the molecule is COc1ccc2nc(NC(=O)/C=C/c3cccc(Cl)c3)sc2c1. The summed E-state index contributed by atoms with van der Waals surface area (Å²) in [5, 5.41) is 3.94. The molecule has 0 aliphatic rings. The number of hydrogen-bond acceptors (Lipinski definition) is 4. The Kier molecular flexibility index (Phi) is 4.60. The van der Waals surface area contributed by atoms with Gasteiger partial charge >= 0.3 is 0 Å². The number of thiazole rings is 1. The molecule has 116 valence electrons. The van der Waals surface area contributed by atoms with Gasteiger partial charge in [0.05, 0.1) is 17.3 Å². The summed E-state index contributed by atoms with van der Waals surface area (Å²) >= 11 is 7.31. The van der Waals surface area contributed by atoms with Crippen LogP contribution in [0.5, 0.6) is 5.75 Å². The van der Waals surface area contributed by atoms with Crippen molar-refractivity contribution in [3.8, 4) is 5.75 Å². The minimum atomic E-state index is -0.240. The predicted molar refractivity (Wildman–Crippen MR) is 95.3 cm³/mol. The van der Waals surface area contributed by atoms with Crippen molar-refractivity contribution >= 4 is 50.3 Å². The Hall–Kier alpha value is -2.37. The molecular formula is C17H13ClN2O2S. The van der Waals surface area contributed by atoms with Gasteiger partial charge in [-0.25, -0.2) is 4.98 Å². The Balaban J connectivity index is 1.72. The van der Waals surface area contributed by atoms with Crippen molar-refractivity contribution in [2.24, 2.45) is 0 Å². The van der Waals surface area contributed by atoms with Gasteiger partial charge in [0, 0.05) is 11.1 Å². The third kappa shape index (κ3) is 3.88. The molecule has 1 aromatic heterocycles. The molecule has 0 atom stereocenters. The van der Waals surface area contributed by atoms with E-state index in [2.05, 4.69) is 10.3 Å². The molecule has 6 heteroatoms. The molecule has 0 fully saturated rings. The van der Waals surface area contributed by atoms with Crippen LogP contribution in [0.1, 0.15) is 5.56 Å². The standard InChI is InChI=1S/C17H13ClN2O2S/c1-22-13-6-7-14-15(10-13)23-17(19-14)20-16(21)8-5-11-3-2-4-12(18)9-11/h2-10H,1H3,(H,19,20,21)/b8-5+. The van der Waals surface area contributed by atoms with Crippen molar-refractivity contribution in [2.45, 2.75) is 0 Å². The largest absolute Gasteiger partial charge is 0.497 e. The first-order chi connectivity index (χ1) is 11.1. The number of fused-ring (bicyclic) bond motifs is 1. The number of halogens is 1. The fourth-order valence-corrected chi connectivity index (χ4v) is 3.11. The number of rotatable bonds is 4.